The molecule has 2 nitrogen and oxygen atoms in total. The summed E-state index contributed by atoms with van der Waals surface area (Å²) in [7, 11) is -3.59. The SMILES string of the molecule is CC=CC1(S(=O)(=O)C2(C=CC)C=CC=C(Br)C2)C=CC=C(Br)C1. The lowest BCUT2D eigenvalue weighted by atomic mass is 9.98. The van der Waals surface area contributed by atoms with E-state index in [0.29, 0.717) is 12.8 Å². The Balaban J connectivity index is 2.66. The minimum Gasteiger partial charge on any atom is -0.226 e. The van der Waals surface area contributed by atoms with Crippen LogP contribution in [0.5, 0.6) is 0 Å². The van der Waals surface area contributed by atoms with Gasteiger partial charge in [0.2, 0.25) is 0 Å². The summed E-state index contributed by atoms with van der Waals surface area (Å²) < 4.78 is 27.2. The van der Waals surface area contributed by atoms with Gasteiger partial charge in [-0.15, -0.1) is 0 Å². The summed E-state index contributed by atoms with van der Waals surface area (Å²) in [6.45, 7) is 3.71. The quantitative estimate of drug-likeness (QED) is 0.519. The molecule has 0 radical (unpaired) electrons. The second-order valence-corrected chi connectivity index (χ2v) is 10.3. The lowest BCUT2D eigenvalue weighted by molar-refractivity contribution is 0.549. The molecule has 0 saturated heterocycles. The molecule has 0 aromatic rings. The van der Waals surface area contributed by atoms with Gasteiger partial charge in [-0.25, -0.2) is 8.42 Å². The van der Waals surface area contributed by atoms with Gasteiger partial charge in [-0.1, -0.05) is 92.6 Å². The third-order valence-corrected chi connectivity index (χ3v) is 8.02. The molecule has 124 valence electrons. The topological polar surface area (TPSA) is 34.1 Å². The summed E-state index contributed by atoms with van der Waals surface area (Å²) in [5, 5.41) is 0. The zero-order valence-corrected chi connectivity index (χ0v) is 17.2. The van der Waals surface area contributed by atoms with Gasteiger partial charge < -0.3 is 0 Å². The normalized spacial score (nSPS) is 31.7. The van der Waals surface area contributed by atoms with Gasteiger partial charge >= 0.3 is 0 Å². The van der Waals surface area contributed by atoms with Crippen LogP contribution in [0.25, 0.3) is 0 Å². The van der Waals surface area contributed by atoms with E-state index in [1.807, 2.05) is 50.3 Å². The number of sulfone groups is 1. The predicted octanol–water partition coefficient (Wildman–Crippen LogP) is 5.51. The van der Waals surface area contributed by atoms with Crippen molar-refractivity contribution in [1.29, 1.82) is 0 Å². The van der Waals surface area contributed by atoms with E-state index < -0.39 is 19.3 Å². The molecule has 2 rings (SSSR count). The molecule has 2 aliphatic carbocycles. The molecule has 0 N–H and O–H groups in total. The van der Waals surface area contributed by atoms with Crippen molar-refractivity contribution < 1.29 is 8.42 Å². The number of hydrogen-bond donors (Lipinski definition) is 0. The molecular weight excluding hydrogens is 440 g/mol. The average Bonchev–Trinajstić information content (AvgIpc) is 2.47. The smallest absolute Gasteiger partial charge is 0.176 e. The Morgan fingerprint density at radius 2 is 1.30 bits per heavy atom. The third kappa shape index (κ3) is 3.28. The molecule has 2 unspecified atom stereocenters. The van der Waals surface area contributed by atoms with E-state index >= 15 is 0 Å². The summed E-state index contributed by atoms with van der Waals surface area (Å²) in [5.74, 6) is 0. The first kappa shape index (κ1) is 18.7. The molecule has 2 atom stereocenters. The van der Waals surface area contributed by atoms with E-state index in [4.69, 9.17) is 0 Å². The summed E-state index contributed by atoms with van der Waals surface area (Å²) in [6, 6.07) is 0. The maximum absolute atomic E-state index is 13.8. The van der Waals surface area contributed by atoms with Crippen molar-refractivity contribution in [3.8, 4) is 0 Å². The van der Waals surface area contributed by atoms with Crippen molar-refractivity contribution >= 4 is 41.7 Å². The minimum absolute atomic E-state index is 0.407. The number of rotatable bonds is 4. The van der Waals surface area contributed by atoms with Crippen molar-refractivity contribution in [3.63, 3.8) is 0 Å². The van der Waals surface area contributed by atoms with Crippen LogP contribution in [-0.4, -0.2) is 17.9 Å². The highest BCUT2D eigenvalue weighted by atomic mass is 79.9. The summed E-state index contributed by atoms with van der Waals surface area (Å²) in [5.41, 5.74) is 0. The third-order valence-electron chi connectivity index (χ3n) is 4.10. The Morgan fingerprint density at radius 1 is 0.913 bits per heavy atom. The molecule has 0 spiro atoms. The van der Waals surface area contributed by atoms with Gasteiger partial charge in [-0.05, 0) is 22.8 Å². The molecular formula is C18H20Br2O2S. The van der Waals surface area contributed by atoms with Crippen LogP contribution in [0.2, 0.25) is 0 Å². The second-order valence-electron chi connectivity index (χ2n) is 5.71. The average molecular weight is 460 g/mol. The lowest BCUT2D eigenvalue weighted by Crippen LogP contribution is -2.49. The molecule has 0 bridgehead atoms. The number of allylic oxidation sites excluding steroid dienone is 8. The Hall–Kier alpha value is -0.650. The van der Waals surface area contributed by atoms with Crippen LogP contribution in [0.4, 0.5) is 0 Å². The molecule has 5 heteroatoms. The molecule has 0 aliphatic heterocycles. The molecule has 0 saturated carbocycles. The molecule has 0 fully saturated rings. The first-order chi connectivity index (χ1) is 10.8. The Morgan fingerprint density at radius 3 is 1.61 bits per heavy atom. The highest BCUT2D eigenvalue weighted by molar-refractivity contribution is 9.12. The zero-order chi connectivity index (χ0) is 17.1. The van der Waals surface area contributed by atoms with Crippen LogP contribution in [0, 0.1) is 0 Å². The number of hydrogen-bond acceptors (Lipinski definition) is 2. The highest BCUT2D eigenvalue weighted by Gasteiger charge is 2.52. The fourth-order valence-corrected chi connectivity index (χ4v) is 7.24. The van der Waals surface area contributed by atoms with Gasteiger partial charge in [-0.3, -0.25) is 0 Å². The van der Waals surface area contributed by atoms with E-state index in [1.165, 1.54) is 0 Å². The van der Waals surface area contributed by atoms with Gasteiger partial charge in [0.05, 0.1) is 0 Å². The molecule has 0 heterocycles. The van der Waals surface area contributed by atoms with Crippen molar-refractivity contribution in [2.45, 2.75) is 36.2 Å². The van der Waals surface area contributed by atoms with Crippen LogP contribution in [0.15, 0.2) is 69.7 Å². The summed E-state index contributed by atoms with van der Waals surface area (Å²) in [4.78, 5) is 0. The van der Waals surface area contributed by atoms with Crippen molar-refractivity contribution in [1.82, 2.24) is 0 Å². The van der Waals surface area contributed by atoms with Gasteiger partial charge in [-0.2, -0.15) is 0 Å². The Bertz CT molecular complexity index is 696. The fourth-order valence-electron chi connectivity index (χ4n) is 3.09. The Kier molecular flexibility index (Phi) is 5.75. The van der Waals surface area contributed by atoms with Crippen molar-refractivity contribution in [2.24, 2.45) is 0 Å². The molecule has 2 aliphatic rings. The highest BCUT2D eigenvalue weighted by Crippen LogP contribution is 2.45. The monoisotopic (exact) mass is 458 g/mol. The molecule has 0 amide bonds. The van der Waals surface area contributed by atoms with Crippen molar-refractivity contribution in [2.75, 3.05) is 0 Å². The summed E-state index contributed by atoms with van der Waals surface area (Å²) in [6.07, 6.45) is 19.0. The fraction of sp³-hybridized carbons (Fsp3) is 0.333. The van der Waals surface area contributed by atoms with Crippen LogP contribution < -0.4 is 0 Å². The largest absolute Gasteiger partial charge is 0.226 e. The van der Waals surface area contributed by atoms with Crippen LogP contribution in [0.3, 0.4) is 0 Å². The second kappa shape index (κ2) is 7.08. The zero-order valence-electron chi connectivity index (χ0n) is 13.2. The van der Waals surface area contributed by atoms with Crippen molar-refractivity contribution in [3.05, 3.63) is 69.7 Å². The van der Waals surface area contributed by atoms with Gasteiger partial charge in [0.25, 0.3) is 0 Å². The summed E-state index contributed by atoms with van der Waals surface area (Å²) >= 11 is 6.95. The minimum atomic E-state index is -3.59. The lowest BCUT2D eigenvalue weighted by Gasteiger charge is -2.39. The van der Waals surface area contributed by atoms with Crippen LogP contribution in [-0.2, 0) is 9.84 Å². The maximum atomic E-state index is 13.8. The first-order valence-corrected chi connectivity index (χ1v) is 10.5. The molecule has 23 heavy (non-hydrogen) atoms. The van der Waals surface area contributed by atoms with Gasteiger partial charge in [0.15, 0.2) is 9.84 Å². The van der Waals surface area contributed by atoms with E-state index in [-0.39, 0.29) is 0 Å². The van der Waals surface area contributed by atoms with Gasteiger partial charge in [0, 0.05) is 12.8 Å². The number of halogens is 2. The van der Waals surface area contributed by atoms with E-state index in [1.54, 1.807) is 24.3 Å². The Labute approximate surface area is 155 Å². The first-order valence-electron chi connectivity index (χ1n) is 7.42. The maximum Gasteiger partial charge on any atom is 0.176 e. The predicted molar refractivity (Wildman–Crippen MR) is 106 cm³/mol. The molecule has 0 aromatic heterocycles. The standard InChI is InChI=1S/C18H20Br2O2S/c1-3-9-17(11-5-7-15(19)13-17)23(21,22)18(10-4-2)12-6-8-16(20)14-18/h3-12H,13-14H2,1-2H3. The van der Waals surface area contributed by atoms with Crippen LogP contribution in [0.1, 0.15) is 26.7 Å². The van der Waals surface area contributed by atoms with E-state index in [2.05, 4.69) is 31.9 Å². The van der Waals surface area contributed by atoms with Crippen LogP contribution >= 0.6 is 31.9 Å². The van der Waals surface area contributed by atoms with E-state index in [9.17, 15) is 8.42 Å². The van der Waals surface area contributed by atoms with Gasteiger partial charge in [0.1, 0.15) is 9.49 Å². The molecule has 0 aromatic carbocycles. The van der Waals surface area contributed by atoms with E-state index in [0.717, 1.165) is 8.96 Å².